The average molecular weight is 395 g/mol. The second-order valence-electron chi connectivity index (χ2n) is 5.60. The highest BCUT2D eigenvalue weighted by molar-refractivity contribution is 8.00. The first-order valence-electron chi connectivity index (χ1n) is 7.69. The Balaban J connectivity index is 1.89. The summed E-state index contributed by atoms with van der Waals surface area (Å²) in [5.41, 5.74) is 9.19. The van der Waals surface area contributed by atoms with Gasteiger partial charge in [-0.3, -0.25) is 9.69 Å². The van der Waals surface area contributed by atoms with E-state index in [1.807, 2.05) is 13.0 Å². The number of hydrogen-bond acceptors (Lipinski definition) is 9. The number of nitrogens with two attached hydrogens (primary N) is 1. The van der Waals surface area contributed by atoms with Crippen molar-refractivity contribution < 1.29 is 23.9 Å². The molecule has 0 saturated carbocycles. The number of fused-ring (bicyclic) bond motifs is 1. The number of hydrogen-bond donors (Lipinski definition) is 1. The molecular formula is C16H17N3O5S2. The number of carbonyl (C=O) groups is 3. The topological polar surface area (TPSA) is 112 Å². The number of aromatic nitrogens is 1. The molecule has 1 amide bonds. The Morgan fingerprint density at radius 2 is 2.23 bits per heavy atom. The fraction of sp³-hybridized carbons (Fsp3) is 0.375. The van der Waals surface area contributed by atoms with Gasteiger partial charge in [-0.25, -0.2) is 14.6 Å². The second kappa shape index (κ2) is 7.60. The van der Waals surface area contributed by atoms with Gasteiger partial charge in [-0.2, -0.15) is 0 Å². The lowest BCUT2D eigenvalue weighted by molar-refractivity contribution is -0.158. The van der Waals surface area contributed by atoms with Crippen LogP contribution in [0.15, 0.2) is 22.9 Å². The first-order valence-corrected chi connectivity index (χ1v) is 9.62. The number of nitrogens with zero attached hydrogens (tertiary/aromatic N) is 2. The Hall–Kier alpha value is -2.17. The highest BCUT2D eigenvalue weighted by Gasteiger charge is 2.51. The number of rotatable bonds is 5. The maximum atomic E-state index is 12.5. The van der Waals surface area contributed by atoms with Gasteiger partial charge in [0.1, 0.15) is 17.1 Å². The average Bonchev–Trinajstić information content (AvgIpc) is 3.07. The number of aryl methyl sites for hydroxylation is 1. The summed E-state index contributed by atoms with van der Waals surface area (Å²) in [6, 6.07) is -0.641. The summed E-state index contributed by atoms with van der Waals surface area (Å²) in [6.07, 6.45) is 3.62. The molecule has 1 unspecified atom stereocenters. The molecule has 1 saturated heterocycles. The van der Waals surface area contributed by atoms with Crippen LogP contribution < -0.4 is 5.73 Å². The molecule has 0 spiro atoms. The van der Waals surface area contributed by atoms with Crippen molar-refractivity contribution in [2.75, 3.05) is 19.5 Å². The van der Waals surface area contributed by atoms with Gasteiger partial charge in [0.05, 0.1) is 18.3 Å². The lowest BCUT2D eigenvalue weighted by Gasteiger charge is -2.48. The zero-order valence-electron chi connectivity index (χ0n) is 14.1. The first kappa shape index (κ1) is 18.6. The van der Waals surface area contributed by atoms with E-state index < -0.39 is 24.6 Å². The summed E-state index contributed by atoms with van der Waals surface area (Å²) in [5, 5.41) is -0.300. The van der Waals surface area contributed by atoms with Gasteiger partial charge in [-0.05, 0) is 18.6 Å². The molecular weight excluding hydrogens is 378 g/mol. The normalized spacial score (nSPS) is 22.3. The quantitative estimate of drug-likeness (QED) is 0.572. The third-order valence-corrected chi connectivity index (χ3v) is 6.22. The van der Waals surface area contributed by atoms with Crippen molar-refractivity contribution in [3.05, 3.63) is 33.4 Å². The van der Waals surface area contributed by atoms with Crippen molar-refractivity contribution in [1.29, 1.82) is 0 Å². The van der Waals surface area contributed by atoms with E-state index in [9.17, 15) is 14.4 Å². The number of amides is 1. The number of β-lactam (4-membered cyclic amide) rings is 1. The standard InChI is InChI=1S/C16H17N3O5S2/c1-8-10(26-7-18-8)4-3-9-6-25-15-12(17)14(21)19(15)13(9)16(22)24-5-11(20)23-2/h3-4,7,12,15H,5-6,17H2,1-2H3/t12?,15-/m0/s1. The van der Waals surface area contributed by atoms with Gasteiger partial charge in [0, 0.05) is 10.6 Å². The molecule has 0 aliphatic carbocycles. The van der Waals surface area contributed by atoms with Gasteiger partial charge in [0.15, 0.2) is 6.61 Å². The molecule has 1 fully saturated rings. The van der Waals surface area contributed by atoms with Crippen LogP contribution in [0.2, 0.25) is 0 Å². The van der Waals surface area contributed by atoms with Gasteiger partial charge >= 0.3 is 11.9 Å². The molecule has 1 aromatic rings. The van der Waals surface area contributed by atoms with Crippen molar-refractivity contribution >= 4 is 47.0 Å². The van der Waals surface area contributed by atoms with Gasteiger partial charge < -0.3 is 15.2 Å². The van der Waals surface area contributed by atoms with E-state index in [1.165, 1.54) is 35.1 Å². The van der Waals surface area contributed by atoms with E-state index in [2.05, 4.69) is 9.72 Å². The number of thiazole rings is 1. The predicted octanol–water partition coefficient (Wildman–Crippen LogP) is 0.677. The zero-order chi connectivity index (χ0) is 18.8. The largest absolute Gasteiger partial charge is 0.466 e. The zero-order valence-corrected chi connectivity index (χ0v) is 15.8. The monoisotopic (exact) mass is 395 g/mol. The van der Waals surface area contributed by atoms with Crippen LogP contribution in [-0.4, -0.2) is 58.6 Å². The third-order valence-electron chi connectivity index (χ3n) is 4.00. The van der Waals surface area contributed by atoms with Crippen LogP contribution >= 0.6 is 23.1 Å². The van der Waals surface area contributed by atoms with Crippen LogP contribution in [-0.2, 0) is 23.9 Å². The maximum absolute atomic E-state index is 12.5. The number of thioether (sulfide) groups is 1. The summed E-state index contributed by atoms with van der Waals surface area (Å²) >= 11 is 2.96. The molecule has 2 N–H and O–H groups in total. The summed E-state index contributed by atoms with van der Waals surface area (Å²) in [4.78, 5) is 42.4. The van der Waals surface area contributed by atoms with Crippen molar-refractivity contribution in [3.63, 3.8) is 0 Å². The van der Waals surface area contributed by atoms with Gasteiger partial charge in [-0.1, -0.05) is 6.08 Å². The van der Waals surface area contributed by atoms with E-state index in [4.69, 9.17) is 10.5 Å². The van der Waals surface area contributed by atoms with Crippen molar-refractivity contribution in [2.24, 2.45) is 5.73 Å². The smallest absolute Gasteiger partial charge is 0.355 e. The lowest BCUT2D eigenvalue weighted by atomic mass is 10.0. The third kappa shape index (κ3) is 3.39. The predicted molar refractivity (Wildman–Crippen MR) is 97.0 cm³/mol. The highest BCUT2D eigenvalue weighted by atomic mass is 32.2. The van der Waals surface area contributed by atoms with Crippen LogP contribution in [0, 0.1) is 6.92 Å². The van der Waals surface area contributed by atoms with E-state index in [0.29, 0.717) is 11.3 Å². The number of ether oxygens (including phenoxy) is 2. The Morgan fingerprint density at radius 1 is 1.46 bits per heavy atom. The summed E-state index contributed by atoms with van der Waals surface area (Å²) in [7, 11) is 1.20. The molecule has 3 heterocycles. The van der Waals surface area contributed by atoms with E-state index in [1.54, 1.807) is 11.6 Å². The van der Waals surface area contributed by atoms with Crippen LogP contribution in [0.1, 0.15) is 10.6 Å². The highest BCUT2D eigenvalue weighted by Crippen LogP contribution is 2.40. The Kier molecular flexibility index (Phi) is 5.44. The Bertz CT molecular complexity index is 817. The summed E-state index contributed by atoms with van der Waals surface area (Å²) in [5.74, 6) is -1.27. The molecule has 2 atom stereocenters. The molecule has 3 rings (SSSR count). The number of esters is 2. The van der Waals surface area contributed by atoms with Gasteiger partial charge in [-0.15, -0.1) is 23.1 Å². The summed E-state index contributed by atoms with van der Waals surface area (Å²) < 4.78 is 9.47. The molecule has 0 aromatic carbocycles. The Morgan fingerprint density at radius 3 is 2.88 bits per heavy atom. The van der Waals surface area contributed by atoms with Crippen molar-refractivity contribution in [2.45, 2.75) is 18.3 Å². The fourth-order valence-electron chi connectivity index (χ4n) is 2.56. The van der Waals surface area contributed by atoms with Crippen molar-refractivity contribution in [1.82, 2.24) is 9.88 Å². The molecule has 8 nitrogen and oxygen atoms in total. The second-order valence-corrected chi connectivity index (χ2v) is 7.59. The number of methoxy groups -OCH3 is 1. The van der Waals surface area contributed by atoms with E-state index >= 15 is 0 Å². The van der Waals surface area contributed by atoms with Crippen molar-refractivity contribution in [3.8, 4) is 0 Å². The first-order chi connectivity index (χ1) is 12.4. The minimum Gasteiger partial charge on any atom is -0.466 e. The number of carbonyl (C=O) groups excluding carboxylic acids is 3. The number of allylic oxidation sites excluding steroid dienone is 1. The van der Waals surface area contributed by atoms with E-state index in [0.717, 1.165) is 10.6 Å². The van der Waals surface area contributed by atoms with Gasteiger partial charge in [0.2, 0.25) is 5.91 Å². The minimum atomic E-state index is -0.748. The maximum Gasteiger partial charge on any atom is 0.355 e. The summed E-state index contributed by atoms with van der Waals surface area (Å²) in [6.45, 7) is 1.37. The van der Waals surface area contributed by atoms with Crippen LogP contribution in [0.5, 0.6) is 0 Å². The molecule has 1 aromatic heterocycles. The molecule has 10 heteroatoms. The molecule has 138 valence electrons. The molecule has 26 heavy (non-hydrogen) atoms. The van der Waals surface area contributed by atoms with Crippen LogP contribution in [0.25, 0.3) is 6.08 Å². The lowest BCUT2D eigenvalue weighted by Crippen LogP contribution is -2.68. The van der Waals surface area contributed by atoms with Crippen LogP contribution in [0.3, 0.4) is 0 Å². The molecule has 0 bridgehead atoms. The Labute approximate surface area is 158 Å². The van der Waals surface area contributed by atoms with E-state index in [-0.39, 0.29) is 17.0 Å². The fourth-order valence-corrected chi connectivity index (χ4v) is 4.52. The molecule has 0 radical (unpaired) electrons. The SMILES string of the molecule is COC(=O)COC(=O)C1=C(C=Cc2scnc2C)CS[C@H]2C(N)C(=O)N12. The molecule has 2 aliphatic heterocycles. The van der Waals surface area contributed by atoms with Gasteiger partial charge in [0.25, 0.3) is 0 Å². The molecule has 2 aliphatic rings. The minimum absolute atomic E-state index is 0.128. The van der Waals surface area contributed by atoms with Crippen LogP contribution in [0.4, 0.5) is 0 Å².